The van der Waals surface area contributed by atoms with Crippen molar-refractivity contribution < 1.29 is 0 Å². The number of aromatic amines is 1. The van der Waals surface area contributed by atoms with Crippen LogP contribution in [0, 0.1) is 6.92 Å². The van der Waals surface area contributed by atoms with Gasteiger partial charge in [0, 0.05) is 11.3 Å². The Labute approximate surface area is 94.4 Å². The van der Waals surface area contributed by atoms with Gasteiger partial charge in [0.25, 0.3) is 5.56 Å². The molecule has 2 aromatic heterocycles. The van der Waals surface area contributed by atoms with Crippen molar-refractivity contribution in [1.82, 2.24) is 14.6 Å². The van der Waals surface area contributed by atoms with Crippen LogP contribution < -0.4 is 5.56 Å². The fraction of sp³-hybridized carbons (Fsp3) is 0.400. The van der Waals surface area contributed by atoms with E-state index in [0.29, 0.717) is 5.65 Å². The molecule has 1 aliphatic rings. The highest BCUT2D eigenvalue weighted by atomic mass is 79.9. The molecule has 0 aliphatic heterocycles. The Balaban J connectivity index is 2.51. The van der Waals surface area contributed by atoms with Gasteiger partial charge in [-0.15, -0.1) is 0 Å². The Kier molecular flexibility index (Phi) is 1.80. The summed E-state index contributed by atoms with van der Waals surface area (Å²) in [4.78, 5) is 16.6. The van der Waals surface area contributed by atoms with Crippen molar-refractivity contribution in [2.24, 2.45) is 0 Å². The summed E-state index contributed by atoms with van der Waals surface area (Å²) in [6, 6.07) is 0. The summed E-state index contributed by atoms with van der Waals surface area (Å²) in [5.41, 5.74) is 3.55. The van der Waals surface area contributed by atoms with Crippen molar-refractivity contribution >= 4 is 21.6 Å². The molecule has 0 saturated heterocycles. The second kappa shape index (κ2) is 2.95. The van der Waals surface area contributed by atoms with E-state index >= 15 is 0 Å². The number of nitrogens with zero attached hydrogens (tertiary/aromatic N) is 2. The van der Waals surface area contributed by atoms with E-state index in [2.05, 4.69) is 26.0 Å². The molecular weight excluding hydrogens is 258 g/mol. The van der Waals surface area contributed by atoms with Crippen LogP contribution in [-0.2, 0) is 12.8 Å². The molecule has 78 valence electrons. The number of nitrogens with one attached hydrogen (secondary N) is 1. The molecular formula is C10H10BrN3O. The summed E-state index contributed by atoms with van der Waals surface area (Å²) < 4.78 is 2.41. The average molecular weight is 268 g/mol. The van der Waals surface area contributed by atoms with E-state index in [0.717, 1.165) is 40.7 Å². The summed E-state index contributed by atoms with van der Waals surface area (Å²) >= 11 is 3.44. The normalized spacial score (nSPS) is 14.8. The van der Waals surface area contributed by atoms with Crippen LogP contribution in [0.25, 0.3) is 5.65 Å². The predicted octanol–water partition coefficient (Wildman–Crippen LogP) is 1.58. The molecule has 0 atom stereocenters. The highest BCUT2D eigenvalue weighted by molar-refractivity contribution is 9.10. The zero-order valence-electron chi connectivity index (χ0n) is 8.30. The molecule has 1 aliphatic carbocycles. The second-order valence-electron chi connectivity index (χ2n) is 3.91. The molecule has 0 amide bonds. The Hall–Kier alpha value is -1.10. The van der Waals surface area contributed by atoms with Crippen LogP contribution in [0.5, 0.6) is 0 Å². The molecule has 0 bridgehead atoms. The van der Waals surface area contributed by atoms with Crippen LogP contribution in [0.2, 0.25) is 0 Å². The Morgan fingerprint density at radius 1 is 1.47 bits per heavy atom. The standard InChI is InChI=1S/C10H10BrN3O/c1-5-8(11)9-12-7-4-2-3-6(7)10(15)14(9)13-5/h13H,2-4H2,1H3. The van der Waals surface area contributed by atoms with Crippen LogP contribution >= 0.6 is 15.9 Å². The van der Waals surface area contributed by atoms with Crippen LogP contribution in [0.1, 0.15) is 23.4 Å². The molecule has 2 aromatic rings. The lowest BCUT2D eigenvalue weighted by Crippen LogP contribution is -2.20. The van der Waals surface area contributed by atoms with Crippen molar-refractivity contribution in [3.63, 3.8) is 0 Å². The van der Waals surface area contributed by atoms with Gasteiger partial charge in [-0.05, 0) is 42.1 Å². The number of H-pyrrole nitrogens is 1. The van der Waals surface area contributed by atoms with E-state index in [1.165, 1.54) is 4.52 Å². The van der Waals surface area contributed by atoms with E-state index < -0.39 is 0 Å². The van der Waals surface area contributed by atoms with Gasteiger partial charge in [-0.3, -0.25) is 9.89 Å². The third-order valence-electron chi connectivity index (χ3n) is 2.91. The molecule has 15 heavy (non-hydrogen) atoms. The number of halogens is 1. The molecule has 0 radical (unpaired) electrons. The van der Waals surface area contributed by atoms with Crippen LogP contribution in [0.15, 0.2) is 9.27 Å². The minimum absolute atomic E-state index is 0.0568. The maximum atomic E-state index is 12.1. The highest BCUT2D eigenvalue weighted by Gasteiger charge is 2.20. The van der Waals surface area contributed by atoms with Crippen molar-refractivity contribution in [3.8, 4) is 0 Å². The maximum Gasteiger partial charge on any atom is 0.276 e. The van der Waals surface area contributed by atoms with Crippen molar-refractivity contribution in [2.75, 3.05) is 0 Å². The molecule has 3 rings (SSSR count). The average Bonchev–Trinajstić information content (AvgIpc) is 2.77. The predicted molar refractivity (Wildman–Crippen MR) is 60.3 cm³/mol. The van der Waals surface area contributed by atoms with Gasteiger partial charge in [-0.1, -0.05) is 0 Å². The van der Waals surface area contributed by atoms with Crippen molar-refractivity contribution in [1.29, 1.82) is 0 Å². The minimum Gasteiger partial charge on any atom is -0.293 e. The van der Waals surface area contributed by atoms with E-state index in [4.69, 9.17) is 0 Å². The zero-order chi connectivity index (χ0) is 10.6. The lowest BCUT2D eigenvalue weighted by Gasteiger charge is -1.98. The van der Waals surface area contributed by atoms with Gasteiger partial charge in [-0.2, -0.15) is 0 Å². The van der Waals surface area contributed by atoms with E-state index in [1.807, 2.05) is 6.92 Å². The second-order valence-corrected chi connectivity index (χ2v) is 4.70. The smallest absolute Gasteiger partial charge is 0.276 e. The quantitative estimate of drug-likeness (QED) is 0.788. The lowest BCUT2D eigenvalue weighted by atomic mass is 10.2. The van der Waals surface area contributed by atoms with Crippen LogP contribution in [-0.4, -0.2) is 14.6 Å². The summed E-state index contributed by atoms with van der Waals surface area (Å²) in [5, 5.41) is 3.02. The van der Waals surface area contributed by atoms with Crippen molar-refractivity contribution in [2.45, 2.75) is 26.2 Å². The number of aromatic nitrogens is 3. The number of rotatable bonds is 0. The fourth-order valence-corrected chi connectivity index (χ4v) is 2.48. The van der Waals surface area contributed by atoms with Gasteiger partial charge >= 0.3 is 0 Å². The summed E-state index contributed by atoms with van der Waals surface area (Å²) in [7, 11) is 0. The molecule has 0 fully saturated rings. The number of aryl methyl sites for hydroxylation is 2. The van der Waals surface area contributed by atoms with E-state index in [-0.39, 0.29) is 5.56 Å². The van der Waals surface area contributed by atoms with Gasteiger partial charge in [0.2, 0.25) is 0 Å². The van der Waals surface area contributed by atoms with Crippen LogP contribution in [0.3, 0.4) is 0 Å². The first-order valence-electron chi connectivity index (χ1n) is 4.97. The van der Waals surface area contributed by atoms with Crippen LogP contribution in [0.4, 0.5) is 0 Å². The SMILES string of the molecule is Cc1[nH]n2c(=O)c3c(nc2c1Br)CCC3. The number of hydrogen-bond acceptors (Lipinski definition) is 2. The third-order valence-corrected chi connectivity index (χ3v) is 3.86. The minimum atomic E-state index is 0.0568. The van der Waals surface area contributed by atoms with Gasteiger partial charge in [0.05, 0.1) is 10.2 Å². The molecule has 0 spiro atoms. The topological polar surface area (TPSA) is 50.2 Å². The molecule has 0 unspecified atom stereocenters. The van der Waals surface area contributed by atoms with E-state index in [9.17, 15) is 4.79 Å². The molecule has 5 heteroatoms. The zero-order valence-corrected chi connectivity index (χ0v) is 9.89. The molecule has 1 N–H and O–H groups in total. The van der Waals surface area contributed by atoms with Crippen molar-refractivity contribution in [3.05, 3.63) is 31.8 Å². The van der Waals surface area contributed by atoms with Gasteiger partial charge in [-0.25, -0.2) is 9.50 Å². The monoisotopic (exact) mass is 267 g/mol. The van der Waals surface area contributed by atoms with Gasteiger partial charge in [0.15, 0.2) is 5.65 Å². The van der Waals surface area contributed by atoms with Gasteiger partial charge in [0.1, 0.15) is 0 Å². The molecule has 4 nitrogen and oxygen atoms in total. The summed E-state index contributed by atoms with van der Waals surface area (Å²) in [5.74, 6) is 0. The number of hydrogen-bond donors (Lipinski definition) is 1. The molecule has 0 aromatic carbocycles. The van der Waals surface area contributed by atoms with E-state index in [1.54, 1.807) is 0 Å². The molecule has 2 heterocycles. The third kappa shape index (κ3) is 1.13. The maximum absolute atomic E-state index is 12.1. The Morgan fingerprint density at radius 3 is 3.07 bits per heavy atom. The largest absolute Gasteiger partial charge is 0.293 e. The number of fused-ring (bicyclic) bond motifs is 2. The highest BCUT2D eigenvalue weighted by Crippen LogP contribution is 2.23. The summed E-state index contributed by atoms with van der Waals surface area (Å²) in [6.07, 6.45) is 2.83. The fourth-order valence-electron chi connectivity index (χ4n) is 2.13. The summed E-state index contributed by atoms with van der Waals surface area (Å²) in [6.45, 7) is 1.92. The van der Waals surface area contributed by atoms with Gasteiger partial charge < -0.3 is 0 Å². The lowest BCUT2D eigenvalue weighted by molar-refractivity contribution is 0.856. The first kappa shape index (κ1) is 9.15. The molecule has 0 saturated carbocycles. The Morgan fingerprint density at radius 2 is 2.27 bits per heavy atom. The Bertz CT molecular complexity index is 611. The first-order valence-corrected chi connectivity index (χ1v) is 5.76. The first-order chi connectivity index (χ1) is 7.18.